The van der Waals surface area contributed by atoms with Crippen LogP contribution >= 0.6 is 0 Å². The first-order chi connectivity index (χ1) is 9.97. The SMILES string of the molecule is Cc1cn(CC#Cc2ccc([N+](=O)[O-])cc2)c(=O)[nH]c1=O. The molecule has 7 nitrogen and oxygen atoms in total. The van der Waals surface area contributed by atoms with E-state index in [1.165, 1.54) is 35.0 Å². The number of non-ortho nitro benzene ring substituents is 1. The highest BCUT2D eigenvalue weighted by Crippen LogP contribution is 2.10. The molecule has 106 valence electrons. The Labute approximate surface area is 119 Å². The van der Waals surface area contributed by atoms with Crippen LogP contribution in [0.2, 0.25) is 0 Å². The van der Waals surface area contributed by atoms with Gasteiger partial charge in [-0.1, -0.05) is 11.8 Å². The van der Waals surface area contributed by atoms with Crippen LogP contribution in [0.1, 0.15) is 11.1 Å². The topological polar surface area (TPSA) is 98.0 Å². The fourth-order valence-electron chi connectivity index (χ4n) is 1.63. The van der Waals surface area contributed by atoms with Gasteiger partial charge in [-0.15, -0.1) is 0 Å². The van der Waals surface area contributed by atoms with Crippen molar-refractivity contribution in [2.24, 2.45) is 0 Å². The first kappa shape index (κ1) is 14.3. The summed E-state index contributed by atoms with van der Waals surface area (Å²) < 4.78 is 1.29. The van der Waals surface area contributed by atoms with E-state index in [0.717, 1.165) is 0 Å². The lowest BCUT2D eigenvalue weighted by Crippen LogP contribution is -2.30. The molecule has 1 aromatic heterocycles. The lowest BCUT2D eigenvalue weighted by atomic mass is 10.2. The van der Waals surface area contributed by atoms with Crippen molar-refractivity contribution in [2.45, 2.75) is 13.5 Å². The van der Waals surface area contributed by atoms with E-state index in [2.05, 4.69) is 16.8 Å². The van der Waals surface area contributed by atoms with Crippen LogP contribution in [0.5, 0.6) is 0 Å². The molecule has 0 bridgehead atoms. The van der Waals surface area contributed by atoms with Gasteiger partial charge in [0.1, 0.15) is 0 Å². The molecule has 0 aliphatic heterocycles. The Morgan fingerprint density at radius 3 is 2.57 bits per heavy atom. The van der Waals surface area contributed by atoms with Gasteiger partial charge in [0, 0.05) is 29.5 Å². The normalized spacial score (nSPS) is 9.76. The third kappa shape index (κ3) is 3.45. The quantitative estimate of drug-likeness (QED) is 0.501. The lowest BCUT2D eigenvalue weighted by Gasteiger charge is -1.99. The van der Waals surface area contributed by atoms with Crippen LogP contribution in [0, 0.1) is 28.9 Å². The van der Waals surface area contributed by atoms with E-state index in [4.69, 9.17) is 0 Å². The van der Waals surface area contributed by atoms with E-state index in [0.29, 0.717) is 11.1 Å². The van der Waals surface area contributed by atoms with Crippen molar-refractivity contribution in [3.05, 3.63) is 72.5 Å². The van der Waals surface area contributed by atoms with Gasteiger partial charge in [-0.2, -0.15) is 0 Å². The summed E-state index contributed by atoms with van der Waals surface area (Å²) >= 11 is 0. The van der Waals surface area contributed by atoms with Crippen molar-refractivity contribution in [3.8, 4) is 11.8 Å². The summed E-state index contributed by atoms with van der Waals surface area (Å²) in [5.41, 5.74) is 0.0812. The van der Waals surface area contributed by atoms with Crippen LogP contribution < -0.4 is 11.2 Å². The number of hydrogen-bond donors (Lipinski definition) is 1. The molecule has 1 aromatic carbocycles. The summed E-state index contributed by atoms with van der Waals surface area (Å²) in [6, 6.07) is 5.79. The maximum atomic E-state index is 11.5. The Morgan fingerprint density at radius 2 is 1.95 bits per heavy atom. The summed E-state index contributed by atoms with van der Waals surface area (Å²) in [7, 11) is 0. The minimum atomic E-state index is -0.524. The van der Waals surface area contributed by atoms with E-state index in [1.807, 2.05) is 0 Å². The van der Waals surface area contributed by atoms with Crippen molar-refractivity contribution in [2.75, 3.05) is 0 Å². The van der Waals surface area contributed by atoms with E-state index in [9.17, 15) is 19.7 Å². The van der Waals surface area contributed by atoms with Gasteiger partial charge in [0.25, 0.3) is 11.2 Å². The van der Waals surface area contributed by atoms with Gasteiger partial charge in [0.2, 0.25) is 0 Å². The molecule has 0 fully saturated rings. The number of nitro benzene ring substituents is 1. The number of aromatic nitrogens is 2. The highest BCUT2D eigenvalue weighted by atomic mass is 16.6. The smallest absolute Gasteiger partial charge is 0.289 e. The minimum Gasteiger partial charge on any atom is -0.289 e. The molecule has 0 saturated heterocycles. The van der Waals surface area contributed by atoms with Crippen molar-refractivity contribution in [1.29, 1.82) is 0 Å². The van der Waals surface area contributed by atoms with Gasteiger partial charge in [-0.3, -0.25) is 24.5 Å². The molecular formula is C14H11N3O4. The largest absolute Gasteiger partial charge is 0.329 e. The average Bonchev–Trinajstić information content (AvgIpc) is 2.45. The van der Waals surface area contributed by atoms with Gasteiger partial charge in [0.05, 0.1) is 11.5 Å². The van der Waals surface area contributed by atoms with Crippen LogP contribution in [0.15, 0.2) is 40.1 Å². The molecule has 2 aromatic rings. The maximum absolute atomic E-state index is 11.5. The average molecular weight is 285 g/mol. The monoisotopic (exact) mass is 285 g/mol. The predicted octanol–water partition coefficient (Wildman–Crippen LogP) is 0.805. The number of nitrogens with zero attached hydrogens (tertiary/aromatic N) is 2. The summed E-state index contributed by atoms with van der Waals surface area (Å²) in [5, 5.41) is 10.5. The molecule has 21 heavy (non-hydrogen) atoms. The minimum absolute atomic E-state index is 0.00645. The van der Waals surface area contributed by atoms with E-state index < -0.39 is 16.2 Å². The zero-order valence-electron chi connectivity index (χ0n) is 11.1. The zero-order chi connectivity index (χ0) is 15.4. The number of hydrogen-bond acceptors (Lipinski definition) is 4. The fourth-order valence-corrected chi connectivity index (χ4v) is 1.63. The van der Waals surface area contributed by atoms with Crippen molar-refractivity contribution >= 4 is 5.69 Å². The molecule has 0 atom stereocenters. The molecule has 0 saturated carbocycles. The molecule has 7 heteroatoms. The van der Waals surface area contributed by atoms with Gasteiger partial charge < -0.3 is 0 Å². The number of aryl methyl sites for hydroxylation is 1. The molecule has 0 aliphatic carbocycles. The van der Waals surface area contributed by atoms with Gasteiger partial charge in [-0.25, -0.2) is 4.79 Å². The Bertz CT molecular complexity index is 851. The standard InChI is InChI=1S/C14H11N3O4/c1-10-9-16(14(19)15-13(10)18)8-2-3-11-4-6-12(7-5-11)17(20)21/h4-7,9H,8H2,1H3,(H,15,18,19). The number of nitro groups is 1. The van der Waals surface area contributed by atoms with E-state index >= 15 is 0 Å². The molecule has 1 heterocycles. The summed E-state index contributed by atoms with van der Waals surface area (Å²) in [6.07, 6.45) is 1.44. The first-order valence-electron chi connectivity index (χ1n) is 6.01. The lowest BCUT2D eigenvalue weighted by molar-refractivity contribution is -0.384. The third-order valence-corrected chi connectivity index (χ3v) is 2.75. The van der Waals surface area contributed by atoms with Crippen LogP contribution in [-0.2, 0) is 6.54 Å². The van der Waals surface area contributed by atoms with Gasteiger partial charge in [0.15, 0.2) is 0 Å². The second kappa shape index (κ2) is 5.88. The molecule has 2 rings (SSSR count). The second-order valence-corrected chi connectivity index (χ2v) is 4.31. The van der Waals surface area contributed by atoms with Crippen LogP contribution in [-0.4, -0.2) is 14.5 Å². The van der Waals surface area contributed by atoms with E-state index in [1.54, 1.807) is 6.92 Å². The predicted molar refractivity (Wildman–Crippen MR) is 76.0 cm³/mol. The van der Waals surface area contributed by atoms with Crippen LogP contribution in [0.3, 0.4) is 0 Å². The Morgan fingerprint density at radius 1 is 1.29 bits per heavy atom. The van der Waals surface area contributed by atoms with Crippen LogP contribution in [0.4, 0.5) is 5.69 Å². The molecule has 0 spiro atoms. The third-order valence-electron chi connectivity index (χ3n) is 2.75. The number of rotatable bonds is 2. The molecular weight excluding hydrogens is 274 g/mol. The highest BCUT2D eigenvalue weighted by molar-refractivity contribution is 5.40. The Hall–Kier alpha value is -3.14. The number of benzene rings is 1. The Kier molecular flexibility index (Phi) is 4.00. The van der Waals surface area contributed by atoms with Crippen molar-refractivity contribution < 1.29 is 4.92 Å². The maximum Gasteiger partial charge on any atom is 0.329 e. The first-order valence-corrected chi connectivity index (χ1v) is 6.01. The van der Waals surface area contributed by atoms with Gasteiger partial charge >= 0.3 is 5.69 Å². The number of H-pyrrole nitrogens is 1. The number of aromatic amines is 1. The number of nitrogens with one attached hydrogen (secondary N) is 1. The second-order valence-electron chi connectivity index (χ2n) is 4.31. The molecule has 1 N–H and O–H groups in total. The molecule has 0 amide bonds. The summed E-state index contributed by atoms with van der Waals surface area (Å²) in [5.74, 6) is 5.57. The highest BCUT2D eigenvalue weighted by Gasteiger charge is 2.02. The van der Waals surface area contributed by atoms with E-state index in [-0.39, 0.29) is 12.2 Å². The van der Waals surface area contributed by atoms with Crippen molar-refractivity contribution in [1.82, 2.24) is 9.55 Å². The molecule has 0 radical (unpaired) electrons. The summed E-state index contributed by atoms with van der Waals surface area (Å²) in [6.45, 7) is 1.71. The molecule has 0 unspecified atom stereocenters. The van der Waals surface area contributed by atoms with Crippen molar-refractivity contribution in [3.63, 3.8) is 0 Å². The fraction of sp³-hybridized carbons (Fsp3) is 0.143. The zero-order valence-corrected chi connectivity index (χ0v) is 11.1. The summed E-state index contributed by atoms with van der Waals surface area (Å²) in [4.78, 5) is 34.9. The Balaban J connectivity index is 2.17. The molecule has 0 aliphatic rings. The van der Waals surface area contributed by atoms with Gasteiger partial charge in [-0.05, 0) is 19.1 Å². The van der Waals surface area contributed by atoms with Crippen LogP contribution in [0.25, 0.3) is 0 Å².